The number of aromatic amines is 1. The molecular weight excluding hydrogens is 398 g/mol. The van der Waals surface area contributed by atoms with Gasteiger partial charge in [0.1, 0.15) is 17.1 Å². The minimum Gasteiger partial charge on any atom is -0.497 e. The van der Waals surface area contributed by atoms with Crippen molar-refractivity contribution < 1.29 is 19.2 Å². The quantitative estimate of drug-likeness (QED) is 0.595. The third kappa shape index (κ3) is 2.91. The maximum Gasteiger partial charge on any atom is 0.322 e. The van der Waals surface area contributed by atoms with Crippen LogP contribution >= 0.6 is 0 Å². The highest BCUT2D eigenvalue weighted by Gasteiger charge is 2.53. The molecule has 1 fully saturated rings. The van der Waals surface area contributed by atoms with E-state index >= 15 is 0 Å². The molecule has 1 spiro atoms. The van der Waals surface area contributed by atoms with Gasteiger partial charge >= 0.3 is 6.03 Å². The van der Waals surface area contributed by atoms with E-state index in [2.05, 4.69) is 26.4 Å². The number of aliphatic hydroxyl groups excluding tert-OH is 1. The van der Waals surface area contributed by atoms with E-state index in [1.165, 1.54) is 5.56 Å². The molecule has 5 rings (SSSR count). The van der Waals surface area contributed by atoms with Gasteiger partial charge in [0.15, 0.2) is 5.76 Å². The molecule has 2 aliphatic heterocycles. The molecule has 1 atom stereocenters. The zero-order valence-corrected chi connectivity index (χ0v) is 18.2. The van der Waals surface area contributed by atoms with Crippen molar-refractivity contribution in [3.63, 3.8) is 0 Å². The van der Waals surface area contributed by atoms with Crippen molar-refractivity contribution in [3.05, 3.63) is 40.9 Å². The molecule has 0 saturated carbocycles. The minimum absolute atomic E-state index is 0.0276. The van der Waals surface area contributed by atoms with Gasteiger partial charge in [0.25, 0.3) is 0 Å². The molecule has 9 nitrogen and oxygen atoms in total. The Labute approximate surface area is 179 Å². The summed E-state index contributed by atoms with van der Waals surface area (Å²) in [5, 5.41) is 18.0. The molecule has 0 radical (unpaired) electrons. The predicted molar refractivity (Wildman–Crippen MR) is 116 cm³/mol. The summed E-state index contributed by atoms with van der Waals surface area (Å²) < 4.78 is 10.5. The minimum atomic E-state index is -0.196. The van der Waals surface area contributed by atoms with Crippen LogP contribution in [-0.4, -0.2) is 71.5 Å². The third-order valence-electron chi connectivity index (χ3n) is 6.69. The van der Waals surface area contributed by atoms with Gasteiger partial charge in [-0.15, -0.1) is 0 Å². The summed E-state index contributed by atoms with van der Waals surface area (Å²) in [6.45, 7) is 5.57. The summed E-state index contributed by atoms with van der Waals surface area (Å²) in [6.07, 6.45) is 0. The Morgan fingerprint density at radius 2 is 2.16 bits per heavy atom. The number of benzene rings is 1. The zero-order valence-electron chi connectivity index (χ0n) is 18.2. The molecule has 9 heteroatoms. The number of urea groups is 1. The average Bonchev–Trinajstić information content (AvgIpc) is 3.25. The topological polar surface area (TPSA) is 107 Å². The van der Waals surface area contributed by atoms with Crippen LogP contribution < -0.4 is 10.1 Å². The Bertz CT molecular complexity index is 1140. The van der Waals surface area contributed by atoms with Crippen molar-refractivity contribution in [2.75, 3.05) is 45.7 Å². The van der Waals surface area contributed by atoms with Gasteiger partial charge in [0.05, 0.1) is 19.8 Å². The second-order valence-electron chi connectivity index (χ2n) is 8.70. The lowest BCUT2D eigenvalue weighted by molar-refractivity contribution is 0.0297. The van der Waals surface area contributed by atoms with Crippen LogP contribution in [-0.2, 0) is 5.41 Å². The lowest BCUT2D eigenvalue weighted by atomic mass is 9.69. The first-order valence-corrected chi connectivity index (χ1v) is 10.4. The molecule has 1 aromatic carbocycles. The number of amides is 2. The largest absolute Gasteiger partial charge is 0.497 e. The summed E-state index contributed by atoms with van der Waals surface area (Å²) in [5.74, 6) is 1.38. The molecule has 4 heterocycles. The Hall–Kier alpha value is -3.04. The molecule has 0 bridgehead atoms. The molecule has 2 aromatic heterocycles. The molecule has 2 aliphatic rings. The summed E-state index contributed by atoms with van der Waals surface area (Å²) in [7, 11) is 3.67. The summed E-state index contributed by atoms with van der Waals surface area (Å²) >= 11 is 0. The van der Waals surface area contributed by atoms with Crippen LogP contribution in [0.25, 0.3) is 10.9 Å². The Kier molecular flexibility index (Phi) is 4.49. The highest BCUT2D eigenvalue weighted by molar-refractivity contribution is 5.93. The van der Waals surface area contributed by atoms with Crippen molar-refractivity contribution in [1.82, 2.24) is 19.9 Å². The fourth-order valence-electron chi connectivity index (χ4n) is 5.20. The maximum absolute atomic E-state index is 12.9. The number of aliphatic hydroxyl groups is 1. The van der Waals surface area contributed by atoms with E-state index < -0.39 is 0 Å². The first-order valence-electron chi connectivity index (χ1n) is 10.4. The van der Waals surface area contributed by atoms with Crippen molar-refractivity contribution in [2.24, 2.45) is 0 Å². The van der Waals surface area contributed by atoms with Crippen molar-refractivity contribution in [1.29, 1.82) is 0 Å². The number of nitrogens with one attached hydrogen (secondary N) is 2. The Balaban J connectivity index is 1.48. The van der Waals surface area contributed by atoms with Crippen LogP contribution in [0.4, 0.5) is 10.5 Å². The standard InChI is InChI=1S/C22H27N5O4/c1-12-19(13(2)31-25-12)24-21(29)27-10-22(11-27)9-26(3)17(8-28)20-18(22)15-6-5-14(30-4)7-16(15)23-20/h5-7,17,23,28H,8-11H2,1-4H3,(H,24,29)/t17-/m1/s1. The lowest BCUT2D eigenvalue weighted by Crippen LogP contribution is -2.67. The number of nitrogens with zero attached hydrogens (tertiary/aromatic N) is 3. The van der Waals surface area contributed by atoms with Crippen molar-refractivity contribution >= 4 is 22.6 Å². The van der Waals surface area contributed by atoms with Gasteiger partial charge in [-0.25, -0.2) is 4.79 Å². The van der Waals surface area contributed by atoms with Gasteiger partial charge in [0.2, 0.25) is 0 Å². The van der Waals surface area contributed by atoms with Gasteiger partial charge in [-0.2, -0.15) is 0 Å². The molecule has 164 valence electrons. The highest BCUT2D eigenvalue weighted by Crippen LogP contribution is 2.48. The average molecular weight is 425 g/mol. The number of fused-ring (bicyclic) bond motifs is 4. The number of methoxy groups -OCH3 is 1. The van der Waals surface area contributed by atoms with E-state index in [0.29, 0.717) is 30.2 Å². The number of aromatic nitrogens is 2. The Morgan fingerprint density at radius 3 is 2.81 bits per heavy atom. The molecular formula is C22H27N5O4. The van der Waals surface area contributed by atoms with E-state index in [0.717, 1.165) is 28.9 Å². The van der Waals surface area contributed by atoms with Gasteiger partial charge in [0, 0.05) is 47.7 Å². The number of carbonyl (C=O) groups is 1. The molecule has 0 unspecified atom stereocenters. The van der Waals surface area contributed by atoms with E-state index in [-0.39, 0.29) is 24.1 Å². The lowest BCUT2D eigenvalue weighted by Gasteiger charge is -2.55. The van der Waals surface area contributed by atoms with Crippen molar-refractivity contribution in [2.45, 2.75) is 25.3 Å². The first-order chi connectivity index (χ1) is 14.9. The molecule has 0 aliphatic carbocycles. The van der Waals surface area contributed by atoms with Crippen LogP contribution in [0.1, 0.15) is 28.8 Å². The number of likely N-dealkylation sites (tertiary alicyclic amines) is 1. The maximum atomic E-state index is 12.9. The number of rotatable bonds is 3. The highest BCUT2D eigenvalue weighted by atomic mass is 16.5. The number of aryl methyl sites for hydroxylation is 2. The number of hydrogen-bond acceptors (Lipinski definition) is 6. The SMILES string of the molecule is COc1ccc2c3c([nH]c2c1)[C@@H](CO)N(C)CC31CN(C(=O)Nc2c(C)noc2C)C1. The fourth-order valence-corrected chi connectivity index (χ4v) is 5.20. The van der Waals surface area contributed by atoms with Gasteiger partial charge in [-0.05, 0) is 38.6 Å². The second-order valence-corrected chi connectivity index (χ2v) is 8.70. The van der Waals surface area contributed by atoms with Crippen molar-refractivity contribution in [3.8, 4) is 5.75 Å². The number of H-pyrrole nitrogens is 1. The molecule has 31 heavy (non-hydrogen) atoms. The molecule has 2 amide bonds. The van der Waals surface area contributed by atoms with Crippen LogP contribution in [0.15, 0.2) is 22.7 Å². The summed E-state index contributed by atoms with van der Waals surface area (Å²) in [6, 6.07) is 5.74. The molecule has 1 saturated heterocycles. The molecule has 3 N–H and O–H groups in total. The van der Waals surface area contributed by atoms with Crippen LogP contribution in [0, 0.1) is 13.8 Å². The smallest absolute Gasteiger partial charge is 0.322 e. The number of ether oxygens (including phenoxy) is 1. The normalized spacial score (nSPS) is 20.0. The number of carbonyl (C=O) groups excluding carboxylic acids is 1. The summed E-state index contributed by atoms with van der Waals surface area (Å²) in [4.78, 5) is 20.4. The van der Waals surface area contributed by atoms with E-state index in [9.17, 15) is 9.90 Å². The molecule has 3 aromatic rings. The van der Waals surface area contributed by atoms with Crippen LogP contribution in [0.5, 0.6) is 5.75 Å². The predicted octanol–water partition coefficient (Wildman–Crippen LogP) is 2.55. The second kappa shape index (κ2) is 7.00. The zero-order chi connectivity index (χ0) is 21.9. The fraction of sp³-hybridized carbons (Fsp3) is 0.455. The Morgan fingerprint density at radius 1 is 1.39 bits per heavy atom. The van der Waals surface area contributed by atoms with E-state index in [4.69, 9.17) is 9.26 Å². The first kappa shape index (κ1) is 19.9. The van der Waals surface area contributed by atoms with E-state index in [1.54, 1.807) is 21.0 Å². The monoisotopic (exact) mass is 425 g/mol. The third-order valence-corrected chi connectivity index (χ3v) is 6.69. The number of hydrogen-bond donors (Lipinski definition) is 3. The van der Waals surface area contributed by atoms with Gasteiger partial charge in [-0.3, -0.25) is 4.90 Å². The van der Waals surface area contributed by atoms with Gasteiger partial charge < -0.3 is 29.6 Å². The number of anilines is 1. The van der Waals surface area contributed by atoms with Crippen LogP contribution in [0.3, 0.4) is 0 Å². The van der Waals surface area contributed by atoms with Gasteiger partial charge in [-0.1, -0.05) is 5.16 Å². The van der Waals surface area contributed by atoms with E-state index in [1.807, 2.05) is 24.1 Å². The van der Waals surface area contributed by atoms with Crippen LogP contribution in [0.2, 0.25) is 0 Å². The summed E-state index contributed by atoms with van der Waals surface area (Å²) in [5.41, 5.74) is 4.30. The number of likely N-dealkylation sites (N-methyl/N-ethyl adjacent to an activating group) is 1.